The molecule has 0 unspecified atom stereocenters. The van der Waals surface area contributed by atoms with Crippen LogP contribution in [0.4, 0.5) is 0 Å². The van der Waals surface area contributed by atoms with E-state index in [2.05, 4.69) is 10.4 Å². The maximum absolute atomic E-state index is 11.9. The molecule has 2 rings (SSSR count). The third-order valence-electron chi connectivity index (χ3n) is 2.78. The first-order valence-electron chi connectivity index (χ1n) is 6.05. The van der Waals surface area contributed by atoms with E-state index in [0.717, 1.165) is 16.0 Å². The molecule has 1 amide bonds. The number of benzene rings is 1. The van der Waals surface area contributed by atoms with E-state index in [9.17, 15) is 9.59 Å². The monoisotopic (exact) mass is 273 g/mol. The summed E-state index contributed by atoms with van der Waals surface area (Å²) in [4.78, 5) is 23.1. The van der Waals surface area contributed by atoms with Gasteiger partial charge in [0.15, 0.2) is 0 Å². The molecule has 0 fully saturated rings. The van der Waals surface area contributed by atoms with Crippen LogP contribution in [0.1, 0.15) is 16.1 Å². The third-order valence-corrected chi connectivity index (χ3v) is 2.78. The van der Waals surface area contributed by atoms with Gasteiger partial charge in [0.2, 0.25) is 0 Å². The van der Waals surface area contributed by atoms with Crippen LogP contribution in [0.25, 0.3) is 0 Å². The van der Waals surface area contributed by atoms with Crippen molar-refractivity contribution in [2.45, 2.75) is 6.54 Å². The number of ether oxygens (including phenoxy) is 1. The molecule has 6 heteroatoms. The van der Waals surface area contributed by atoms with Gasteiger partial charge in [-0.1, -0.05) is 12.1 Å². The highest BCUT2D eigenvalue weighted by atomic mass is 16.5. The number of carbonyl (C=O) groups excluding carboxylic acids is 1. The van der Waals surface area contributed by atoms with Gasteiger partial charge in [-0.05, 0) is 23.8 Å². The van der Waals surface area contributed by atoms with Gasteiger partial charge in [-0.25, -0.2) is 4.68 Å². The molecular formula is C14H15N3O3. The maximum atomic E-state index is 11.9. The van der Waals surface area contributed by atoms with Crippen LogP contribution in [-0.2, 0) is 13.6 Å². The molecule has 0 radical (unpaired) electrons. The number of nitrogens with zero attached hydrogens (tertiary/aromatic N) is 2. The molecule has 1 N–H and O–H groups in total. The minimum absolute atomic E-state index is 0.204. The second-order valence-corrected chi connectivity index (χ2v) is 4.21. The number of methoxy groups -OCH3 is 1. The van der Waals surface area contributed by atoms with Crippen LogP contribution in [0.5, 0.6) is 5.75 Å². The number of hydrogen-bond acceptors (Lipinski definition) is 4. The van der Waals surface area contributed by atoms with E-state index < -0.39 is 0 Å². The predicted octanol–water partition coefficient (Wildman–Crippen LogP) is 0.719. The molecular weight excluding hydrogens is 258 g/mol. The highest BCUT2D eigenvalue weighted by Crippen LogP contribution is 2.12. The van der Waals surface area contributed by atoms with Gasteiger partial charge in [-0.3, -0.25) is 9.59 Å². The smallest absolute Gasteiger partial charge is 0.271 e. The van der Waals surface area contributed by atoms with Gasteiger partial charge in [0.05, 0.1) is 7.11 Å². The molecule has 0 aliphatic heterocycles. The summed E-state index contributed by atoms with van der Waals surface area (Å²) in [6.45, 7) is 0.362. The molecule has 2 aromatic rings. The fraction of sp³-hybridized carbons (Fsp3) is 0.214. The van der Waals surface area contributed by atoms with Crippen molar-refractivity contribution in [2.75, 3.05) is 7.11 Å². The van der Waals surface area contributed by atoms with Gasteiger partial charge in [-0.2, -0.15) is 5.10 Å². The molecule has 1 aromatic heterocycles. The molecule has 0 aliphatic rings. The van der Waals surface area contributed by atoms with Crippen molar-refractivity contribution in [3.8, 4) is 5.75 Å². The molecule has 0 bridgehead atoms. The number of amides is 1. The van der Waals surface area contributed by atoms with Crippen LogP contribution in [-0.4, -0.2) is 22.8 Å². The van der Waals surface area contributed by atoms with Gasteiger partial charge in [0, 0.05) is 19.7 Å². The lowest BCUT2D eigenvalue weighted by atomic mass is 10.2. The quantitative estimate of drug-likeness (QED) is 0.890. The number of carbonyl (C=O) groups is 1. The van der Waals surface area contributed by atoms with Gasteiger partial charge in [0.25, 0.3) is 11.5 Å². The normalized spacial score (nSPS) is 10.1. The van der Waals surface area contributed by atoms with Gasteiger partial charge >= 0.3 is 0 Å². The molecule has 1 aromatic carbocycles. The zero-order valence-corrected chi connectivity index (χ0v) is 11.3. The Morgan fingerprint density at radius 2 is 2.15 bits per heavy atom. The first-order chi connectivity index (χ1) is 9.60. The Kier molecular flexibility index (Phi) is 4.14. The molecule has 0 saturated carbocycles. The lowest BCUT2D eigenvalue weighted by Gasteiger charge is -2.07. The summed E-state index contributed by atoms with van der Waals surface area (Å²) in [6.07, 6.45) is 0. The molecule has 20 heavy (non-hydrogen) atoms. The lowest BCUT2D eigenvalue weighted by Crippen LogP contribution is -2.28. The van der Waals surface area contributed by atoms with Crippen molar-refractivity contribution in [1.29, 1.82) is 0 Å². The summed E-state index contributed by atoms with van der Waals surface area (Å²) in [5.41, 5.74) is 0.867. The van der Waals surface area contributed by atoms with Crippen LogP contribution in [0.2, 0.25) is 0 Å². The van der Waals surface area contributed by atoms with E-state index >= 15 is 0 Å². The third kappa shape index (κ3) is 3.23. The highest BCUT2D eigenvalue weighted by molar-refractivity contribution is 5.91. The predicted molar refractivity (Wildman–Crippen MR) is 73.6 cm³/mol. The molecule has 1 heterocycles. The van der Waals surface area contributed by atoms with E-state index in [0.29, 0.717) is 6.54 Å². The maximum Gasteiger partial charge on any atom is 0.271 e. The second kappa shape index (κ2) is 6.01. The van der Waals surface area contributed by atoms with Gasteiger partial charge in [-0.15, -0.1) is 0 Å². The average molecular weight is 273 g/mol. The van der Waals surface area contributed by atoms with Crippen molar-refractivity contribution >= 4 is 5.91 Å². The fourth-order valence-corrected chi connectivity index (χ4v) is 1.68. The standard InChI is InChI=1S/C14H15N3O3/c1-17-13(18)7-6-12(16-17)14(19)15-9-10-4-3-5-11(8-10)20-2/h3-8H,9H2,1-2H3,(H,15,19). The fourth-order valence-electron chi connectivity index (χ4n) is 1.68. The SMILES string of the molecule is COc1cccc(CNC(=O)c2ccc(=O)n(C)n2)c1. The van der Waals surface area contributed by atoms with Gasteiger partial charge in [0.1, 0.15) is 11.4 Å². The summed E-state index contributed by atoms with van der Waals surface area (Å²) >= 11 is 0. The minimum atomic E-state index is -0.330. The van der Waals surface area contributed by atoms with Crippen molar-refractivity contribution in [2.24, 2.45) is 7.05 Å². The number of rotatable bonds is 4. The highest BCUT2D eigenvalue weighted by Gasteiger charge is 2.08. The minimum Gasteiger partial charge on any atom is -0.497 e. The van der Waals surface area contributed by atoms with Crippen LogP contribution in [0.15, 0.2) is 41.2 Å². The first-order valence-corrected chi connectivity index (χ1v) is 6.05. The number of aryl methyl sites for hydroxylation is 1. The Morgan fingerprint density at radius 1 is 1.35 bits per heavy atom. The Labute approximate surface area is 116 Å². The van der Waals surface area contributed by atoms with Crippen LogP contribution >= 0.6 is 0 Å². The molecule has 6 nitrogen and oxygen atoms in total. The Bertz CT molecular complexity index is 679. The van der Waals surface area contributed by atoms with Crippen LogP contribution in [0.3, 0.4) is 0 Å². The summed E-state index contributed by atoms with van der Waals surface area (Å²) in [7, 11) is 3.09. The number of nitrogens with one attached hydrogen (secondary N) is 1. The van der Waals surface area contributed by atoms with E-state index in [1.807, 2.05) is 24.3 Å². The van der Waals surface area contributed by atoms with Crippen molar-refractivity contribution in [3.05, 3.63) is 58.0 Å². The zero-order valence-electron chi connectivity index (χ0n) is 11.3. The van der Waals surface area contributed by atoms with E-state index in [4.69, 9.17) is 4.74 Å². The summed E-state index contributed by atoms with van der Waals surface area (Å²) < 4.78 is 6.24. The molecule has 0 aliphatic carbocycles. The van der Waals surface area contributed by atoms with Gasteiger partial charge < -0.3 is 10.1 Å². The first kappa shape index (κ1) is 13.8. The Morgan fingerprint density at radius 3 is 2.85 bits per heavy atom. The van der Waals surface area contributed by atoms with Crippen molar-refractivity contribution in [3.63, 3.8) is 0 Å². The summed E-state index contributed by atoms with van der Waals surface area (Å²) in [6, 6.07) is 10.1. The van der Waals surface area contributed by atoms with Crippen molar-refractivity contribution in [1.82, 2.24) is 15.1 Å². The average Bonchev–Trinajstić information content (AvgIpc) is 2.47. The number of hydrogen-bond donors (Lipinski definition) is 1. The zero-order chi connectivity index (χ0) is 14.5. The van der Waals surface area contributed by atoms with E-state index in [-0.39, 0.29) is 17.2 Å². The van der Waals surface area contributed by atoms with Crippen LogP contribution in [0, 0.1) is 0 Å². The van der Waals surface area contributed by atoms with Crippen LogP contribution < -0.4 is 15.6 Å². The topological polar surface area (TPSA) is 73.2 Å². The molecule has 0 atom stereocenters. The Balaban J connectivity index is 2.04. The molecule has 104 valence electrons. The number of aromatic nitrogens is 2. The lowest BCUT2D eigenvalue weighted by molar-refractivity contribution is 0.0943. The summed E-state index contributed by atoms with van der Waals surface area (Å²) in [5.74, 6) is 0.403. The largest absolute Gasteiger partial charge is 0.497 e. The summed E-state index contributed by atoms with van der Waals surface area (Å²) in [5, 5.41) is 6.63. The molecule has 0 saturated heterocycles. The van der Waals surface area contributed by atoms with E-state index in [1.54, 1.807) is 7.11 Å². The second-order valence-electron chi connectivity index (χ2n) is 4.21. The van der Waals surface area contributed by atoms with E-state index in [1.165, 1.54) is 19.2 Å². The molecule has 0 spiro atoms. The van der Waals surface area contributed by atoms with Crippen molar-refractivity contribution < 1.29 is 9.53 Å². The Hall–Kier alpha value is -2.63.